The Bertz CT molecular complexity index is 490. The van der Waals surface area contributed by atoms with Gasteiger partial charge >= 0.3 is 0 Å². The molecule has 0 spiro atoms. The average molecular weight is 292 g/mol. The Morgan fingerprint density at radius 1 is 1.52 bits per heavy atom. The van der Waals surface area contributed by atoms with Gasteiger partial charge in [-0.25, -0.2) is 0 Å². The summed E-state index contributed by atoms with van der Waals surface area (Å²) in [7, 11) is 5.16. The van der Waals surface area contributed by atoms with Crippen LogP contribution in [0.2, 0.25) is 0 Å². The van der Waals surface area contributed by atoms with Crippen molar-refractivity contribution in [3.05, 3.63) is 29.8 Å². The summed E-state index contributed by atoms with van der Waals surface area (Å²) in [5, 5.41) is 10.4. The number of hydrogen-bond acceptors (Lipinski definition) is 4. The van der Waals surface area contributed by atoms with E-state index in [0.29, 0.717) is 6.54 Å². The first kappa shape index (κ1) is 15.8. The van der Waals surface area contributed by atoms with Crippen molar-refractivity contribution in [1.82, 2.24) is 9.80 Å². The number of carbonyl (C=O) groups excluding carboxylic acids is 1. The highest BCUT2D eigenvalue weighted by atomic mass is 16.5. The van der Waals surface area contributed by atoms with Crippen molar-refractivity contribution in [2.24, 2.45) is 0 Å². The molecule has 21 heavy (non-hydrogen) atoms. The van der Waals surface area contributed by atoms with Crippen molar-refractivity contribution in [2.45, 2.75) is 25.0 Å². The maximum Gasteiger partial charge on any atom is 0.239 e. The van der Waals surface area contributed by atoms with E-state index in [4.69, 9.17) is 4.74 Å². The van der Waals surface area contributed by atoms with Gasteiger partial charge in [0.15, 0.2) is 0 Å². The minimum Gasteiger partial charge on any atom is -0.497 e. The first-order valence-corrected chi connectivity index (χ1v) is 7.30. The molecular formula is C16H24N2O3. The van der Waals surface area contributed by atoms with Gasteiger partial charge in [-0.3, -0.25) is 9.69 Å². The average Bonchev–Trinajstić information content (AvgIpc) is 2.94. The maximum atomic E-state index is 12.2. The van der Waals surface area contributed by atoms with Crippen molar-refractivity contribution >= 4 is 5.91 Å². The van der Waals surface area contributed by atoms with Crippen LogP contribution in [0.5, 0.6) is 5.75 Å². The third-order valence-corrected chi connectivity index (χ3v) is 3.98. The van der Waals surface area contributed by atoms with Crippen molar-refractivity contribution < 1.29 is 14.6 Å². The predicted octanol–water partition coefficient (Wildman–Crippen LogP) is 1.28. The number of ether oxygens (including phenoxy) is 1. The third-order valence-electron chi connectivity index (χ3n) is 3.98. The Morgan fingerprint density at radius 3 is 2.95 bits per heavy atom. The van der Waals surface area contributed by atoms with Gasteiger partial charge in [0, 0.05) is 20.6 Å². The molecule has 0 aliphatic carbocycles. The Hall–Kier alpha value is -1.59. The number of amides is 1. The summed E-state index contributed by atoms with van der Waals surface area (Å²) in [5.41, 5.74) is 0.817. The molecule has 0 radical (unpaired) electrons. The highest BCUT2D eigenvalue weighted by molar-refractivity contribution is 5.81. The lowest BCUT2D eigenvalue weighted by atomic mass is 10.1. The van der Waals surface area contributed by atoms with E-state index >= 15 is 0 Å². The Morgan fingerprint density at radius 2 is 2.29 bits per heavy atom. The van der Waals surface area contributed by atoms with E-state index in [1.807, 2.05) is 24.3 Å². The monoisotopic (exact) mass is 292 g/mol. The number of hydrogen-bond donors (Lipinski definition) is 1. The largest absolute Gasteiger partial charge is 0.497 e. The van der Waals surface area contributed by atoms with Gasteiger partial charge in [-0.2, -0.15) is 0 Å². The molecule has 1 N–H and O–H groups in total. The second kappa shape index (κ2) is 6.91. The summed E-state index contributed by atoms with van der Waals surface area (Å²) in [6, 6.07) is 7.32. The van der Waals surface area contributed by atoms with E-state index in [-0.39, 0.29) is 11.9 Å². The smallest absolute Gasteiger partial charge is 0.239 e. The fourth-order valence-electron chi connectivity index (χ4n) is 2.80. The van der Waals surface area contributed by atoms with Gasteiger partial charge in [0.05, 0.1) is 19.3 Å². The molecule has 2 atom stereocenters. The molecule has 1 heterocycles. The number of benzene rings is 1. The fraction of sp³-hybridized carbons (Fsp3) is 0.562. The van der Waals surface area contributed by atoms with Gasteiger partial charge in [-0.05, 0) is 37.1 Å². The highest BCUT2D eigenvalue weighted by Gasteiger charge is 2.32. The van der Waals surface area contributed by atoms with Crippen LogP contribution in [0.4, 0.5) is 0 Å². The van der Waals surface area contributed by atoms with Gasteiger partial charge in [0.1, 0.15) is 5.75 Å². The minimum absolute atomic E-state index is 0.111. The van der Waals surface area contributed by atoms with E-state index in [9.17, 15) is 9.90 Å². The van der Waals surface area contributed by atoms with Crippen LogP contribution in [0.1, 0.15) is 24.5 Å². The molecule has 1 aromatic rings. The van der Waals surface area contributed by atoms with Crippen LogP contribution < -0.4 is 4.74 Å². The van der Waals surface area contributed by atoms with Crippen LogP contribution in [0, 0.1) is 0 Å². The SMILES string of the molecule is COc1cccc(C(O)CN2CCCC2C(=O)N(C)C)c1. The minimum atomic E-state index is -0.615. The zero-order chi connectivity index (χ0) is 15.4. The highest BCUT2D eigenvalue weighted by Crippen LogP contribution is 2.24. The van der Waals surface area contributed by atoms with Gasteiger partial charge in [-0.1, -0.05) is 12.1 Å². The molecule has 1 aromatic carbocycles. The lowest BCUT2D eigenvalue weighted by molar-refractivity contribution is -0.133. The van der Waals surface area contributed by atoms with Crippen LogP contribution in [0.3, 0.4) is 0 Å². The Labute approximate surface area is 126 Å². The van der Waals surface area contributed by atoms with Crippen molar-refractivity contribution in [2.75, 3.05) is 34.3 Å². The van der Waals surface area contributed by atoms with Gasteiger partial charge in [0.25, 0.3) is 0 Å². The van der Waals surface area contributed by atoms with Crippen LogP contribution >= 0.6 is 0 Å². The number of β-amino-alcohol motifs (C(OH)–C–C–N with tert-alkyl or cyclic N) is 1. The molecule has 5 nitrogen and oxygen atoms in total. The zero-order valence-electron chi connectivity index (χ0n) is 13.0. The van der Waals surface area contributed by atoms with Gasteiger partial charge in [0.2, 0.25) is 5.91 Å². The number of nitrogens with zero attached hydrogens (tertiary/aromatic N) is 2. The van der Waals surface area contributed by atoms with Crippen molar-refractivity contribution in [3.8, 4) is 5.75 Å². The lowest BCUT2D eigenvalue weighted by Crippen LogP contribution is -2.44. The van der Waals surface area contributed by atoms with Crippen molar-refractivity contribution in [1.29, 1.82) is 0 Å². The number of carbonyl (C=O) groups is 1. The molecule has 2 unspecified atom stereocenters. The Kier molecular flexibility index (Phi) is 5.20. The molecule has 2 rings (SSSR count). The standard InChI is InChI=1S/C16H24N2O3/c1-17(2)16(20)14-8-5-9-18(14)11-15(19)12-6-4-7-13(10-12)21-3/h4,6-7,10,14-15,19H,5,8-9,11H2,1-3H3. The van der Waals surface area contributed by atoms with Crippen LogP contribution in [0.15, 0.2) is 24.3 Å². The predicted molar refractivity (Wildman–Crippen MR) is 81.2 cm³/mol. The molecule has 0 bridgehead atoms. The number of aliphatic hydroxyl groups excluding tert-OH is 1. The molecule has 0 saturated carbocycles. The number of aliphatic hydroxyl groups is 1. The van der Waals surface area contributed by atoms with E-state index in [2.05, 4.69) is 4.90 Å². The molecule has 1 aliphatic rings. The number of methoxy groups -OCH3 is 1. The molecule has 1 aliphatic heterocycles. The van der Waals surface area contributed by atoms with Crippen LogP contribution in [0.25, 0.3) is 0 Å². The van der Waals surface area contributed by atoms with E-state index < -0.39 is 6.10 Å². The normalized spacial score (nSPS) is 20.3. The first-order valence-electron chi connectivity index (χ1n) is 7.30. The number of likely N-dealkylation sites (tertiary alicyclic amines) is 1. The topological polar surface area (TPSA) is 53.0 Å². The first-order chi connectivity index (χ1) is 10.0. The van der Waals surface area contributed by atoms with E-state index in [1.54, 1.807) is 26.1 Å². The summed E-state index contributed by atoms with van der Waals surface area (Å²) in [6.07, 6.45) is 1.24. The van der Waals surface area contributed by atoms with E-state index in [1.165, 1.54) is 0 Å². The molecule has 5 heteroatoms. The second-order valence-corrected chi connectivity index (χ2v) is 5.68. The molecule has 1 saturated heterocycles. The van der Waals surface area contributed by atoms with Gasteiger partial charge < -0.3 is 14.7 Å². The fourth-order valence-corrected chi connectivity index (χ4v) is 2.80. The summed E-state index contributed by atoms with van der Waals surface area (Å²) < 4.78 is 5.18. The maximum absolute atomic E-state index is 12.2. The second-order valence-electron chi connectivity index (χ2n) is 5.68. The Balaban J connectivity index is 2.04. The van der Waals surface area contributed by atoms with Crippen LogP contribution in [-0.4, -0.2) is 61.2 Å². The molecule has 116 valence electrons. The molecular weight excluding hydrogens is 268 g/mol. The summed E-state index contributed by atoms with van der Waals surface area (Å²) in [4.78, 5) is 15.9. The summed E-state index contributed by atoms with van der Waals surface area (Å²) in [6.45, 7) is 1.32. The molecule has 1 fully saturated rings. The zero-order valence-corrected chi connectivity index (χ0v) is 13.0. The van der Waals surface area contributed by atoms with Gasteiger partial charge in [-0.15, -0.1) is 0 Å². The molecule has 1 amide bonds. The van der Waals surface area contributed by atoms with Crippen LogP contribution in [-0.2, 0) is 4.79 Å². The summed E-state index contributed by atoms with van der Waals surface area (Å²) >= 11 is 0. The lowest BCUT2D eigenvalue weighted by Gasteiger charge is -2.28. The van der Waals surface area contributed by atoms with Crippen molar-refractivity contribution in [3.63, 3.8) is 0 Å². The third kappa shape index (κ3) is 3.74. The number of likely N-dealkylation sites (N-methyl/N-ethyl adjacent to an activating group) is 1. The number of rotatable bonds is 5. The molecule has 0 aromatic heterocycles. The summed E-state index contributed by atoms with van der Waals surface area (Å²) in [5.74, 6) is 0.847. The quantitative estimate of drug-likeness (QED) is 0.888. The van der Waals surface area contributed by atoms with E-state index in [0.717, 1.165) is 30.7 Å².